The van der Waals surface area contributed by atoms with Crippen molar-refractivity contribution in [2.24, 2.45) is 0 Å². The van der Waals surface area contributed by atoms with E-state index in [4.69, 9.17) is 10.4 Å². The molecule has 0 heterocycles. The first kappa shape index (κ1) is 13.4. The van der Waals surface area contributed by atoms with Gasteiger partial charge in [0.15, 0.2) is 0 Å². The molecule has 6 nitrogen and oxygen atoms in total. The third-order valence-corrected chi connectivity index (χ3v) is 1.97. The largest absolute Gasteiger partial charge is 0.480 e. The number of hydrogen-bond acceptors (Lipinski definition) is 4. The molecule has 84 valence electrons. The van der Waals surface area contributed by atoms with Crippen LogP contribution in [0.25, 0.3) is 0 Å². The molecule has 0 aromatic rings. The topological polar surface area (TPSA) is 93.4 Å². The van der Waals surface area contributed by atoms with Gasteiger partial charge in [0, 0.05) is 6.54 Å². The minimum absolute atomic E-state index is 0.0128. The molecule has 0 rings (SSSR count). The SMILES string of the molecule is CC(C(=O)O)N(C)CC(=O)NCCC#N. The van der Waals surface area contributed by atoms with Gasteiger partial charge in [0.25, 0.3) is 0 Å². The van der Waals surface area contributed by atoms with E-state index in [-0.39, 0.29) is 18.9 Å². The first-order valence-electron chi connectivity index (χ1n) is 4.55. The van der Waals surface area contributed by atoms with Crippen molar-refractivity contribution >= 4 is 11.9 Å². The molecule has 0 aromatic heterocycles. The van der Waals surface area contributed by atoms with E-state index in [1.54, 1.807) is 7.05 Å². The third kappa shape index (κ3) is 5.65. The monoisotopic (exact) mass is 213 g/mol. The number of rotatable bonds is 6. The number of carbonyl (C=O) groups is 2. The van der Waals surface area contributed by atoms with Crippen LogP contribution in [0.15, 0.2) is 0 Å². The van der Waals surface area contributed by atoms with Crippen LogP contribution >= 0.6 is 0 Å². The van der Waals surface area contributed by atoms with Crippen molar-refractivity contribution in [2.45, 2.75) is 19.4 Å². The highest BCUT2D eigenvalue weighted by Crippen LogP contribution is 1.94. The Labute approximate surface area is 88.5 Å². The van der Waals surface area contributed by atoms with Gasteiger partial charge in [0.2, 0.25) is 5.91 Å². The first-order valence-corrected chi connectivity index (χ1v) is 4.55. The molecule has 0 aliphatic heterocycles. The molecule has 1 unspecified atom stereocenters. The lowest BCUT2D eigenvalue weighted by atomic mass is 10.3. The Bertz CT molecular complexity index is 272. The van der Waals surface area contributed by atoms with Crippen LogP contribution in [0.4, 0.5) is 0 Å². The standard InChI is InChI=1S/C9H15N3O3/c1-7(9(14)15)12(2)6-8(13)11-5-3-4-10/h7H,3,5-6H2,1-2H3,(H,11,13)(H,14,15). The summed E-state index contributed by atoms with van der Waals surface area (Å²) in [5.41, 5.74) is 0. The van der Waals surface area contributed by atoms with Crippen molar-refractivity contribution in [3.8, 4) is 6.07 Å². The molecule has 0 bridgehead atoms. The summed E-state index contributed by atoms with van der Waals surface area (Å²) >= 11 is 0. The Morgan fingerprint density at radius 3 is 2.67 bits per heavy atom. The van der Waals surface area contributed by atoms with Crippen LogP contribution in [0.2, 0.25) is 0 Å². The lowest BCUT2D eigenvalue weighted by Gasteiger charge is -2.20. The number of hydrogen-bond donors (Lipinski definition) is 2. The van der Waals surface area contributed by atoms with Crippen LogP contribution in [-0.2, 0) is 9.59 Å². The Balaban J connectivity index is 3.86. The van der Waals surface area contributed by atoms with E-state index in [1.165, 1.54) is 11.8 Å². The van der Waals surface area contributed by atoms with Crippen LogP contribution in [0, 0.1) is 11.3 Å². The second-order valence-corrected chi connectivity index (χ2v) is 3.19. The molecule has 0 aliphatic carbocycles. The minimum Gasteiger partial charge on any atom is -0.480 e. The molecular formula is C9H15N3O3. The van der Waals surface area contributed by atoms with Crippen molar-refractivity contribution in [1.82, 2.24) is 10.2 Å². The zero-order chi connectivity index (χ0) is 11.8. The van der Waals surface area contributed by atoms with E-state index in [2.05, 4.69) is 5.32 Å². The van der Waals surface area contributed by atoms with Crippen LogP contribution in [0.5, 0.6) is 0 Å². The summed E-state index contributed by atoms with van der Waals surface area (Å²) in [6.45, 7) is 1.81. The van der Waals surface area contributed by atoms with Gasteiger partial charge < -0.3 is 10.4 Å². The number of nitrogens with one attached hydrogen (secondary N) is 1. The van der Waals surface area contributed by atoms with Gasteiger partial charge in [-0.3, -0.25) is 14.5 Å². The Kier molecular flexibility index (Phi) is 6.06. The minimum atomic E-state index is -0.970. The second-order valence-electron chi connectivity index (χ2n) is 3.19. The maximum absolute atomic E-state index is 11.2. The van der Waals surface area contributed by atoms with Gasteiger partial charge in [-0.2, -0.15) is 5.26 Å². The summed E-state index contributed by atoms with van der Waals surface area (Å²) in [6, 6.07) is 1.19. The van der Waals surface area contributed by atoms with Crippen molar-refractivity contribution in [2.75, 3.05) is 20.1 Å². The summed E-state index contributed by atoms with van der Waals surface area (Å²) in [7, 11) is 1.56. The quantitative estimate of drug-likeness (QED) is 0.576. The van der Waals surface area contributed by atoms with E-state index in [9.17, 15) is 9.59 Å². The molecule has 0 radical (unpaired) electrons. The van der Waals surface area contributed by atoms with Gasteiger partial charge in [0.05, 0.1) is 19.0 Å². The Hall–Kier alpha value is -1.61. The smallest absolute Gasteiger partial charge is 0.320 e. The molecule has 0 fully saturated rings. The predicted octanol–water partition coefficient (Wildman–Crippen LogP) is -0.579. The Morgan fingerprint density at radius 1 is 1.60 bits per heavy atom. The van der Waals surface area contributed by atoms with Crippen molar-refractivity contribution in [3.05, 3.63) is 0 Å². The molecule has 0 aliphatic rings. The lowest BCUT2D eigenvalue weighted by Crippen LogP contribution is -2.42. The number of carboxylic acid groups (broad SMARTS) is 1. The van der Waals surface area contributed by atoms with Gasteiger partial charge in [-0.1, -0.05) is 0 Å². The molecule has 6 heteroatoms. The fraction of sp³-hybridized carbons (Fsp3) is 0.667. The second kappa shape index (κ2) is 6.79. The summed E-state index contributed by atoms with van der Waals surface area (Å²) in [5, 5.41) is 19.4. The van der Waals surface area contributed by atoms with E-state index in [1.807, 2.05) is 6.07 Å². The van der Waals surface area contributed by atoms with E-state index >= 15 is 0 Å². The number of carbonyl (C=O) groups excluding carboxylic acids is 1. The van der Waals surface area contributed by atoms with Crippen molar-refractivity contribution in [1.29, 1.82) is 5.26 Å². The average molecular weight is 213 g/mol. The summed E-state index contributed by atoms with van der Waals surface area (Å²) < 4.78 is 0. The van der Waals surface area contributed by atoms with Crippen molar-refractivity contribution in [3.63, 3.8) is 0 Å². The highest BCUT2D eigenvalue weighted by Gasteiger charge is 2.18. The summed E-state index contributed by atoms with van der Waals surface area (Å²) in [4.78, 5) is 23.2. The molecule has 0 spiro atoms. The Morgan fingerprint density at radius 2 is 2.20 bits per heavy atom. The van der Waals surface area contributed by atoms with E-state index < -0.39 is 12.0 Å². The highest BCUT2D eigenvalue weighted by molar-refractivity contribution is 5.79. The lowest BCUT2D eigenvalue weighted by molar-refractivity contribution is -0.142. The highest BCUT2D eigenvalue weighted by atomic mass is 16.4. The molecule has 0 saturated carbocycles. The zero-order valence-corrected chi connectivity index (χ0v) is 8.86. The number of aliphatic carboxylic acids is 1. The number of nitriles is 1. The van der Waals surface area contributed by atoms with Gasteiger partial charge in [0.1, 0.15) is 6.04 Å². The normalized spacial score (nSPS) is 11.9. The van der Waals surface area contributed by atoms with Crippen LogP contribution in [0.3, 0.4) is 0 Å². The average Bonchev–Trinajstić information content (AvgIpc) is 2.16. The van der Waals surface area contributed by atoms with Crippen molar-refractivity contribution < 1.29 is 14.7 Å². The third-order valence-electron chi connectivity index (χ3n) is 1.97. The molecule has 1 amide bonds. The van der Waals surface area contributed by atoms with Gasteiger partial charge in [-0.05, 0) is 14.0 Å². The zero-order valence-electron chi connectivity index (χ0n) is 8.86. The van der Waals surface area contributed by atoms with E-state index in [0.717, 1.165) is 0 Å². The predicted molar refractivity (Wildman–Crippen MR) is 53.0 cm³/mol. The maximum atomic E-state index is 11.2. The summed E-state index contributed by atoms with van der Waals surface area (Å²) in [6.07, 6.45) is 0.254. The van der Waals surface area contributed by atoms with Crippen LogP contribution in [0.1, 0.15) is 13.3 Å². The number of carboxylic acids is 1. The molecule has 1 atom stereocenters. The number of nitrogens with zero attached hydrogens (tertiary/aromatic N) is 2. The van der Waals surface area contributed by atoms with E-state index in [0.29, 0.717) is 6.54 Å². The van der Waals surface area contributed by atoms with Gasteiger partial charge >= 0.3 is 5.97 Å². The van der Waals surface area contributed by atoms with Crippen LogP contribution in [-0.4, -0.2) is 48.1 Å². The fourth-order valence-corrected chi connectivity index (χ4v) is 0.866. The molecule has 2 N–H and O–H groups in total. The molecule has 0 saturated heterocycles. The first-order chi connectivity index (χ1) is 6.99. The number of likely N-dealkylation sites (N-methyl/N-ethyl adjacent to an activating group) is 1. The van der Waals surface area contributed by atoms with Gasteiger partial charge in [-0.25, -0.2) is 0 Å². The fourth-order valence-electron chi connectivity index (χ4n) is 0.866. The van der Waals surface area contributed by atoms with Gasteiger partial charge in [-0.15, -0.1) is 0 Å². The van der Waals surface area contributed by atoms with Crippen LogP contribution < -0.4 is 5.32 Å². The number of amides is 1. The summed E-state index contributed by atoms with van der Waals surface area (Å²) in [5.74, 6) is -1.25. The molecular weight excluding hydrogens is 198 g/mol. The molecule has 15 heavy (non-hydrogen) atoms. The molecule has 0 aromatic carbocycles. The maximum Gasteiger partial charge on any atom is 0.320 e.